The third-order valence-electron chi connectivity index (χ3n) is 1.69. The molecule has 4 nitrogen and oxygen atoms in total. The van der Waals surface area contributed by atoms with Gasteiger partial charge in [-0.25, -0.2) is 4.98 Å². The van der Waals surface area contributed by atoms with E-state index >= 15 is 0 Å². The van der Waals surface area contributed by atoms with Crippen LogP contribution < -0.4 is 0 Å². The Kier molecular flexibility index (Phi) is 5.16. The van der Waals surface area contributed by atoms with E-state index in [0.29, 0.717) is 0 Å². The molecule has 0 saturated heterocycles. The van der Waals surface area contributed by atoms with Crippen LogP contribution in [0.25, 0.3) is 6.08 Å². The number of rotatable bonds is 1. The maximum absolute atomic E-state index is 8.76. The zero-order valence-corrected chi connectivity index (χ0v) is 10.5. The van der Waals surface area contributed by atoms with Crippen LogP contribution in [0.15, 0.2) is 47.8 Å². The molecule has 0 unspecified atom stereocenters. The van der Waals surface area contributed by atoms with Crippen LogP contribution in [0, 0.1) is 0 Å². The largest absolute Gasteiger partial charge is 0.506 e. The smallest absolute Gasteiger partial charge is 0.133 e. The molecule has 0 aliphatic carbocycles. The summed E-state index contributed by atoms with van der Waals surface area (Å²) in [4.78, 5) is 7.57. The summed E-state index contributed by atoms with van der Waals surface area (Å²) in [7, 11) is 0. The van der Waals surface area contributed by atoms with E-state index in [1.807, 2.05) is 0 Å². The van der Waals surface area contributed by atoms with Crippen molar-refractivity contribution in [3.05, 3.63) is 53.5 Å². The third-order valence-corrected chi connectivity index (χ3v) is 2.16. The SMILES string of the molecule is C=Cc1ccc(O)cn1.Oc1ccc(Br)nc1. The van der Waals surface area contributed by atoms with E-state index in [2.05, 4.69) is 32.5 Å². The molecule has 0 saturated carbocycles. The molecule has 0 aliphatic heterocycles. The van der Waals surface area contributed by atoms with Crippen molar-refractivity contribution in [2.24, 2.45) is 0 Å². The van der Waals surface area contributed by atoms with Gasteiger partial charge in [-0.15, -0.1) is 0 Å². The molecule has 17 heavy (non-hydrogen) atoms. The topological polar surface area (TPSA) is 66.2 Å². The Morgan fingerprint density at radius 2 is 1.59 bits per heavy atom. The summed E-state index contributed by atoms with van der Waals surface area (Å²) in [6.45, 7) is 3.52. The van der Waals surface area contributed by atoms with Crippen LogP contribution in [0.3, 0.4) is 0 Å². The van der Waals surface area contributed by atoms with Crippen LogP contribution in [-0.4, -0.2) is 20.2 Å². The molecule has 2 rings (SSSR count). The first-order chi connectivity index (χ1) is 8.11. The molecule has 0 radical (unpaired) electrons. The van der Waals surface area contributed by atoms with Gasteiger partial charge in [0.1, 0.15) is 16.1 Å². The molecule has 88 valence electrons. The van der Waals surface area contributed by atoms with E-state index in [9.17, 15) is 0 Å². The van der Waals surface area contributed by atoms with Crippen LogP contribution >= 0.6 is 15.9 Å². The number of halogens is 1. The van der Waals surface area contributed by atoms with Gasteiger partial charge in [-0.05, 0) is 46.3 Å². The highest BCUT2D eigenvalue weighted by atomic mass is 79.9. The van der Waals surface area contributed by atoms with E-state index in [4.69, 9.17) is 10.2 Å². The first kappa shape index (κ1) is 13.2. The minimum Gasteiger partial charge on any atom is -0.506 e. The number of nitrogens with zero attached hydrogens (tertiary/aromatic N) is 2. The molecular weight excluding hydrogens is 284 g/mol. The Bertz CT molecular complexity index is 448. The monoisotopic (exact) mass is 294 g/mol. The standard InChI is InChI=1S/C7H7NO.C5H4BrNO/c1-2-6-3-4-7(9)5-8-6;6-5-2-1-4(8)3-7-5/h2-5,9H,1H2;1-3,8H. The predicted octanol–water partition coefficient (Wildman–Crippen LogP) is 2.98. The maximum atomic E-state index is 8.76. The lowest BCUT2D eigenvalue weighted by atomic mass is 10.3. The van der Waals surface area contributed by atoms with Crippen LogP contribution in [0.4, 0.5) is 0 Å². The van der Waals surface area contributed by atoms with Crippen molar-refractivity contribution in [2.45, 2.75) is 0 Å². The van der Waals surface area contributed by atoms with Crippen LogP contribution in [-0.2, 0) is 0 Å². The highest BCUT2D eigenvalue weighted by molar-refractivity contribution is 9.10. The average molecular weight is 295 g/mol. The Morgan fingerprint density at radius 3 is 1.94 bits per heavy atom. The Morgan fingerprint density at radius 1 is 1.00 bits per heavy atom. The number of pyridine rings is 2. The number of hydrogen-bond donors (Lipinski definition) is 2. The van der Waals surface area contributed by atoms with E-state index in [-0.39, 0.29) is 11.5 Å². The first-order valence-electron chi connectivity index (χ1n) is 4.70. The summed E-state index contributed by atoms with van der Waals surface area (Å²) in [5, 5.41) is 17.4. The summed E-state index contributed by atoms with van der Waals surface area (Å²) >= 11 is 3.12. The minimum atomic E-state index is 0.181. The number of aromatic nitrogens is 2. The lowest BCUT2D eigenvalue weighted by Crippen LogP contribution is -1.75. The van der Waals surface area contributed by atoms with Crippen molar-refractivity contribution < 1.29 is 10.2 Å². The molecule has 0 aliphatic rings. The lowest BCUT2D eigenvalue weighted by molar-refractivity contribution is 0.472. The molecule has 2 aromatic rings. The van der Waals surface area contributed by atoms with Crippen molar-refractivity contribution in [3.63, 3.8) is 0 Å². The highest BCUT2D eigenvalue weighted by Gasteiger charge is 1.86. The molecule has 2 heterocycles. The van der Waals surface area contributed by atoms with Crippen molar-refractivity contribution in [1.82, 2.24) is 9.97 Å². The Labute approximate surface area is 107 Å². The van der Waals surface area contributed by atoms with Gasteiger partial charge in [-0.1, -0.05) is 6.58 Å². The van der Waals surface area contributed by atoms with Crippen molar-refractivity contribution in [2.75, 3.05) is 0 Å². The predicted molar refractivity (Wildman–Crippen MR) is 69.6 cm³/mol. The van der Waals surface area contributed by atoms with Crippen molar-refractivity contribution in [1.29, 1.82) is 0 Å². The Balaban J connectivity index is 0.000000171. The zero-order valence-electron chi connectivity index (χ0n) is 8.92. The van der Waals surface area contributed by atoms with E-state index < -0.39 is 0 Å². The highest BCUT2D eigenvalue weighted by Crippen LogP contribution is 2.09. The van der Waals surface area contributed by atoms with Gasteiger partial charge in [-0.2, -0.15) is 0 Å². The molecule has 0 amide bonds. The second-order valence-corrected chi connectivity index (χ2v) is 3.80. The fourth-order valence-electron chi connectivity index (χ4n) is 0.886. The second kappa shape index (κ2) is 6.65. The summed E-state index contributed by atoms with van der Waals surface area (Å²) in [5.41, 5.74) is 0.771. The van der Waals surface area contributed by atoms with Gasteiger partial charge in [0.2, 0.25) is 0 Å². The first-order valence-corrected chi connectivity index (χ1v) is 5.49. The second-order valence-electron chi connectivity index (χ2n) is 2.98. The van der Waals surface area contributed by atoms with Gasteiger partial charge in [0, 0.05) is 0 Å². The van der Waals surface area contributed by atoms with Gasteiger partial charge < -0.3 is 10.2 Å². The van der Waals surface area contributed by atoms with E-state index in [1.165, 1.54) is 12.4 Å². The van der Waals surface area contributed by atoms with Gasteiger partial charge in [0.25, 0.3) is 0 Å². The van der Waals surface area contributed by atoms with Crippen molar-refractivity contribution in [3.8, 4) is 11.5 Å². The summed E-state index contributed by atoms with van der Waals surface area (Å²) < 4.78 is 0.732. The van der Waals surface area contributed by atoms with Gasteiger partial charge in [0.05, 0.1) is 18.1 Å². The Hall–Kier alpha value is -1.88. The van der Waals surface area contributed by atoms with E-state index in [0.717, 1.165) is 10.3 Å². The maximum Gasteiger partial charge on any atom is 0.133 e. The normalized spacial score (nSPS) is 9.00. The average Bonchev–Trinajstić information content (AvgIpc) is 2.35. The lowest BCUT2D eigenvalue weighted by Gasteiger charge is -1.89. The fourth-order valence-corrected chi connectivity index (χ4v) is 1.12. The summed E-state index contributed by atoms with van der Waals surface area (Å²) in [6.07, 6.45) is 4.39. The molecule has 0 aromatic carbocycles. The van der Waals surface area contributed by atoms with Crippen LogP contribution in [0.5, 0.6) is 11.5 Å². The molecule has 0 atom stereocenters. The minimum absolute atomic E-state index is 0.181. The molecule has 0 bridgehead atoms. The molecule has 0 fully saturated rings. The molecule has 2 N–H and O–H groups in total. The molecule has 0 spiro atoms. The molecular formula is C12H11BrN2O2. The van der Waals surface area contributed by atoms with Crippen LogP contribution in [0.1, 0.15) is 5.69 Å². The summed E-state index contributed by atoms with van der Waals surface area (Å²) in [5.74, 6) is 0.369. The van der Waals surface area contributed by atoms with Gasteiger partial charge in [-0.3, -0.25) is 4.98 Å². The third kappa shape index (κ3) is 5.12. The number of hydrogen-bond acceptors (Lipinski definition) is 4. The quantitative estimate of drug-likeness (QED) is 0.794. The summed E-state index contributed by atoms with van der Waals surface area (Å²) in [6, 6.07) is 6.51. The van der Waals surface area contributed by atoms with Crippen molar-refractivity contribution >= 4 is 22.0 Å². The number of aromatic hydroxyl groups is 2. The molecule has 2 aromatic heterocycles. The van der Waals surface area contributed by atoms with Crippen LogP contribution in [0.2, 0.25) is 0 Å². The molecule has 5 heteroatoms. The van der Waals surface area contributed by atoms with Gasteiger partial charge >= 0.3 is 0 Å². The zero-order chi connectivity index (χ0) is 12.7. The van der Waals surface area contributed by atoms with Gasteiger partial charge in [0.15, 0.2) is 0 Å². The fraction of sp³-hybridized carbons (Fsp3) is 0. The van der Waals surface area contributed by atoms with E-state index in [1.54, 1.807) is 30.3 Å².